The van der Waals surface area contributed by atoms with Crippen LogP contribution in [0.5, 0.6) is 5.75 Å². The number of piperidine rings is 1. The third kappa shape index (κ3) is 8.09. The van der Waals surface area contributed by atoms with E-state index in [-0.39, 0.29) is 11.3 Å². The minimum atomic E-state index is -0.508. The van der Waals surface area contributed by atoms with E-state index < -0.39 is 6.04 Å². The Balaban J connectivity index is 1.43. The van der Waals surface area contributed by atoms with Gasteiger partial charge >= 0.3 is 0 Å². The smallest absolute Gasteiger partial charge is 0.245 e. The van der Waals surface area contributed by atoms with E-state index >= 15 is 0 Å². The molecular formula is C32H47N5O3S. The Morgan fingerprint density at radius 3 is 2.46 bits per heavy atom. The zero-order valence-corrected chi connectivity index (χ0v) is 25.8. The summed E-state index contributed by atoms with van der Waals surface area (Å²) >= 11 is 5.63. The van der Waals surface area contributed by atoms with Crippen molar-refractivity contribution in [3.63, 3.8) is 0 Å². The van der Waals surface area contributed by atoms with Crippen LogP contribution >= 0.6 is 12.2 Å². The van der Waals surface area contributed by atoms with Crippen LogP contribution < -0.4 is 15.4 Å². The molecule has 1 amide bonds. The summed E-state index contributed by atoms with van der Waals surface area (Å²) in [5.41, 5.74) is 1.75. The minimum Gasteiger partial charge on any atom is -0.497 e. The predicted octanol–water partition coefficient (Wildman–Crippen LogP) is 4.60. The van der Waals surface area contributed by atoms with Gasteiger partial charge < -0.3 is 24.8 Å². The van der Waals surface area contributed by atoms with E-state index in [9.17, 15) is 9.59 Å². The lowest BCUT2D eigenvalue weighted by Gasteiger charge is -2.47. The van der Waals surface area contributed by atoms with E-state index in [1.54, 1.807) is 13.4 Å². The fraction of sp³-hybridized carbons (Fsp3) is 0.625. The van der Waals surface area contributed by atoms with Crippen LogP contribution in [0.3, 0.4) is 0 Å². The molecule has 2 aliphatic rings. The van der Waals surface area contributed by atoms with Crippen molar-refractivity contribution in [1.82, 2.24) is 25.1 Å². The topological polar surface area (TPSA) is 88.5 Å². The number of hydrogen-bond donors (Lipinski definition) is 2. The molecular weight excluding hydrogens is 534 g/mol. The fourth-order valence-electron chi connectivity index (χ4n) is 6.70. The second-order valence-corrected chi connectivity index (χ2v) is 12.2. The molecule has 1 aliphatic carbocycles. The largest absolute Gasteiger partial charge is 0.497 e. The standard InChI is InChI=1S/C32H47N5O3S/c1-4-8-29(38)32(25-9-6-5-7-10-25)16-19-37(20-17-32)30(39)28(21-24-11-13-27(40-3)14-12-24)35-31(41)33-18-15-26-22-36(2)23-34-26/h11-14,22-23,25,28H,4-10,15-21H2,1-3H3,(H2,33,35,41). The van der Waals surface area contributed by atoms with Crippen LogP contribution in [-0.2, 0) is 29.5 Å². The van der Waals surface area contributed by atoms with Gasteiger partial charge in [-0.25, -0.2) is 4.98 Å². The van der Waals surface area contributed by atoms with Crippen LogP contribution in [0.1, 0.15) is 76.0 Å². The van der Waals surface area contributed by atoms with E-state index in [0.29, 0.717) is 49.3 Å². The van der Waals surface area contributed by atoms with Gasteiger partial charge in [0, 0.05) is 57.6 Å². The summed E-state index contributed by atoms with van der Waals surface area (Å²) < 4.78 is 7.24. The Bertz CT molecular complexity index is 1150. The number of aryl methyl sites for hydroxylation is 1. The first-order valence-electron chi connectivity index (χ1n) is 15.3. The highest BCUT2D eigenvalue weighted by atomic mass is 32.1. The Kier molecular flexibility index (Phi) is 11.2. The summed E-state index contributed by atoms with van der Waals surface area (Å²) in [5.74, 6) is 1.69. The van der Waals surface area contributed by atoms with Crippen molar-refractivity contribution in [1.29, 1.82) is 0 Å². The summed E-state index contributed by atoms with van der Waals surface area (Å²) in [6.07, 6.45) is 14.1. The molecule has 1 saturated heterocycles. The number of hydrogen-bond acceptors (Lipinski definition) is 5. The number of methoxy groups -OCH3 is 1. The van der Waals surface area contributed by atoms with Gasteiger partial charge in [-0.2, -0.15) is 0 Å². The molecule has 2 fully saturated rings. The Morgan fingerprint density at radius 2 is 1.85 bits per heavy atom. The van der Waals surface area contributed by atoms with Gasteiger partial charge in [-0.1, -0.05) is 38.3 Å². The number of likely N-dealkylation sites (tertiary alicyclic amines) is 1. The Hall–Kier alpha value is -2.94. The van der Waals surface area contributed by atoms with Crippen LogP contribution in [0.4, 0.5) is 0 Å². The van der Waals surface area contributed by atoms with E-state index in [1.165, 1.54) is 19.3 Å². The molecule has 1 aliphatic heterocycles. The highest BCUT2D eigenvalue weighted by molar-refractivity contribution is 7.80. The first kappa shape index (κ1) is 31.0. The molecule has 224 valence electrons. The molecule has 2 heterocycles. The quantitative estimate of drug-likeness (QED) is 0.354. The molecule has 1 aromatic heterocycles. The highest BCUT2D eigenvalue weighted by Gasteiger charge is 2.47. The average Bonchev–Trinajstić information content (AvgIpc) is 3.42. The number of aromatic nitrogens is 2. The maximum Gasteiger partial charge on any atom is 0.245 e. The number of imidazole rings is 1. The maximum absolute atomic E-state index is 14.0. The minimum absolute atomic E-state index is 0.0369. The van der Waals surface area contributed by atoms with Crippen molar-refractivity contribution < 1.29 is 14.3 Å². The average molecular weight is 582 g/mol. The molecule has 9 heteroatoms. The highest BCUT2D eigenvalue weighted by Crippen LogP contribution is 2.47. The van der Waals surface area contributed by atoms with Gasteiger partial charge in [0.1, 0.15) is 17.6 Å². The van der Waals surface area contributed by atoms with Crippen molar-refractivity contribution in [3.05, 3.63) is 48.0 Å². The van der Waals surface area contributed by atoms with E-state index in [2.05, 4.69) is 22.5 Å². The lowest BCUT2D eigenvalue weighted by Crippen LogP contribution is -2.56. The number of rotatable bonds is 12. The first-order valence-corrected chi connectivity index (χ1v) is 15.7. The van der Waals surface area contributed by atoms with E-state index in [1.807, 2.05) is 47.0 Å². The number of nitrogens with zero attached hydrogens (tertiary/aromatic N) is 3. The number of nitrogens with one attached hydrogen (secondary N) is 2. The number of carbonyl (C=O) groups is 2. The molecule has 41 heavy (non-hydrogen) atoms. The Morgan fingerprint density at radius 1 is 1.15 bits per heavy atom. The molecule has 1 saturated carbocycles. The number of ether oxygens (including phenoxy) is 1. The van der Waals surface area contributed by atoms with Crippen molar-refractivity contribution in [3.8, 4) is 5.75 Å². The fourth-order valence-corrected chi connectivity index (χ4v) is 6.94. The number of benzene rings is 1. The summed E-state index contributed by atoms with van der Waals surface area (Å²) in [6.45, 7) is 3.95. The van der Waals surface area contributed by atoms with Gasteiger partial charge in [0.25, 0.3) is 0 Å². The van der Waals surface area contributed by atoms with Gasteiger partial charge in [0.2, 0.25) is 5.91 Å². The van der Waals surface area contributed by atoms with Gasteiger partial charge in [-0.3, -0.25) is 9.59 Å². The molecule has 0 bridgehead atoms. The number of thiocarbonyl (C=S) groups is 1. The second kappa shape index (κ2) is 14.8. The molecule has 1 unspecified atom stereocenters. The second-order valence-electron chi connectivity index (χ2n) is 11.8. The third-order valence-corrected chi connectivity index (χ3v) is 9.28. The molecule has 4 rings (SSSR count). The summed E-state index contributed by atoms with van der Waals surface area (Å²) in [4.78, 5) is 33.8. The van der Waals surface area contributed by atoms with Gasteiger partial charge in [0.15, 0.2) is 5.11 Å². The van der Waals surface area contributed by atoms with Crippen LogP contribution in [0.15, 0.2) is 36.8 Å². The van der Waals surface area contributed by atoms with Crippen molar-refractivity contribution >= 4 is 29.0 Å². The molecule has 2 aromatic rings. The normalized spacial score (nSPS) is 18.0. The monoisotopic (exact) mass is 581 g/mol. The molecule has 2 N–H and O–H groups in total. The van der Waals surface area contributed by atoms with Gasteiger partial charge in [0.05, 0.1) is 19.1 Å². The molecule has 1 aromatic carbocycles. The molecule has 1 atom stereocenters. The number of Topliss-reactive ketones (excluding diaryl/α,β-unsaturated/α-hetero) is 1. The number of ketones is 1. The van der Waals surface area contributed by atoms with Crippen LogP contribution in [0, 0.1) is 11.3 Å². The van der Waals surface area contributed by atoms with Gasteiger partial charge in [-0.05, 0) is 67.9 Å². The molecule has 0 spiro atoms. The first-order chi connectivity index (χ1) is 19.8. The SMILES string of the molecule is CCCC(=O)C1(C2CCCCC2)CCN(C(=O)C(Cc2ccc(OC)cc2)NC(=S)NCCc2cn(C)cn2)CC1. The van der Waals surface area contributed by atoms with Gasteiger partial charge in [-0.15, -0.1) is 0 Å². The predicted molar refractivity (Wildman–Crippen MR) is 166 cm³/mol. The zero-order chi connectivity index (χ0) is 29.2. The van der Waals surface area contributed by atoms with Crippen LogP contribution in [-0.4, -0.2) is 64.0 Å². The number of carbonyl (C=O) groups excluding carboxylic acids is 2. The van der Waals surface area contributed by atoms with Crippen molar-refractivity contribution in [2.75, 3.05) is 26.7 Å². The summed E-state index contributed by atoms with van der Waals surface area (Å²) in [7, 11) is 3.60. The van der Waals surface area contributed by atoms with Crippen LogP contribution in [0.2, 0.25) is 0 Å². The lowest BCUT2D eigenvalue weighted by molar-refractivity contribution is -0.144. The van der Waals surface area contributed by atoms with E-state index in [4.69, 9.17) is 17.0 Å². The summed E-state index contributed by atoms with van der Waals surface area (Å²) in [5, 5.41) is 7.03. The van der Waals surface area contributed by atoms with E-state index in [0.717, 1.165) is 55.5 Å². The van der Waals surface area contributed by atoms with Crippen molar-refractivity contribution in [2.45, 2.75) is 83.6 Å². The summed E-state index contributed by atoms with van der Waals surface area (Å²) in [6, 6.07) is 7.31. The zero-order valence-electron chi connectivity index (χ0n) is 25.0. The van der Waals surface area contributed by atoms with Crippen LogP contribution in [0.25, 0.3) is 0 Å². The maximum atomic E-state index is 14.0. The Labute approximate surface area is 250 Å². The lowest BCUT2D eigenvalue weighted by atomic mass is 9.61. The van der Waals surface area contributed by atoms with Crippen molar-refractivity contribution in [2.24, 2.45) is 18.4 Å². The molecule has 0 radical (unpaired) electrons. The number of amides is 1. The third-order valence-electron chi connectivity index (χ3n) is 9.01. The molecule has 8 nitrogen and oxygen atoms in total.